The molecule has 9 heavy (non-hydrogen) atoms. The van der Waals surface area contributed by atoms with Gasteiger partial charge in [-0.2, -0.15) is 8.42 Å². The van der Waals surface area contributed by atoms with Gasteiger partial charge < -0.3 is 0 Å². The summed E-state index contributed by atoms with van der Waals surface area (Å²) in [6, 6.07) is 0. The molecule has 0 aliphatic carbocycles. The average Bonchev–Trinajstić information content (AvgIpc) is 1.19. The Morgan fingerprint density at radius 1 is 1.44 bits per heavy atom. The van der Waals surface area contributed by atoms with E-state index in [1.54, 1.807) is 0 Å². The summed E-state index contributed by atoms with van der Waals surface area (Å²) in [7, 11) is 0.173. The van der Waals surface area contributed by atoms with E-state index in [2.05, 4.69) is 8.02 Å². The summed E-state index contributed by atoms with van der Waals surface area (Å²) in [6.07, 6.45) is 0. The Morgan fingerprint density at radius 3 is 1.44 bits per heavy atom. The Morgan fingerprint density at radius 2 is 1.44 bits per heavy atom. The maximum atomic E-state index is 9.83. The van der Waals surface area contributed by atoms with E-state index < -0.39 is 23.7 Å². The van der Waals surface area contributed by atoms with Crippen molar-refractivity contribution in [1.29, 1.82) is 0 Å². The Hall–Kier alpha value is 0.438. The van der Waals surface area contributed by atoms with Gasteiger partial charge in [-0.3, -0.25) is 0 Å². The second-order valence-electron chi connectivity index (χ2n) is 1.53. The van der Waals surface area contributed by atoms with Crippen LogP contribution in [-0.4, -0.2) is 26.3 Å². The van der Waals surface area contributed by atoms with Gasteiger partial charge in [-0.25, -0.2) is 0 Å². The van der Waals surface area contributed by atoms with Crippen LogP contribution in [0.3, 0.4) is 0 Å². The summed E-state index contributed by atoms with van der Waals surface area (Å²) < 4.78 is 35.8. The normalized spacial score (nSPS) is 9.22. The average molecular weight is 234 g/mol. The van der Waals surface area contributed by atoms with Gasteiger partial charge in [-0.05, 0) is 0 Å². The van der Waals surface area contributed by atoms with Gasteiger partial charge in [-0.15, -0.1) is 0 Å². The summed E-state index contributed by atoms with van der Waals surface area (Å²) in [6.45, 7) is 0. The Bertz CT molecular complexity index is 183. The molecule has 4 nitrogen and oxygen atoms in total. The fraction of sp³-hybridized carbons (Fsp3) is 1.00. The van der Waals surface area contributed by atoms with Crippen molar-refractivity contribution in [1.82, 2.24) is 0 Å². The summed E-state index contributed by atoms with van der Waals surface area (Å²) in [4.78, 5) is 0. The quantitative estimate of drug-likeness (QED) is 0.474. The van der Waals surface area contributed by atoms with Crippen molar-refractivity contribution < 1.29 is 16.3 Å². The molecule has 0 aliphatic rings. The first-order valence-electron chi connectivity index (χ1n) is 1.81. The van der Waals surface area contributed by atoms with Crippen LogP contribution in [0.4, 0.5) is 0 Å². The van der Waals surface area contributed by atoms with Gasteiger partial charge in [0.25, 0.3) is 0 Å². The first-order valence-corrected chi connectivity index (χ1v) is 9.47. The van der Waals surface area contributed by atoms with Crippen LogP contribution in [-0.2, 0) is 13.6 Å². The molecule has 0 fully saturated rings. The molecule has 0 saturated heterocycles. The number of hydrogen-bond donors (Lipinski definition) is 1. The molecule has 0 atom stereocenters. The molecule has 0 aromatic heterocycles. The predicted octanol–water partition coefficient (Wildman–Crippen LogP) is 0.0343. The van der Waals surface area contributed by atoms with Gasteiger partial charge in [0, 0.05) is 8.02 Å². The summed E-state index contributed by atoms with van der Waals surface area (Å²) in [5.74, 6) is 0. The zero-order valence-electron chi connectivity index (χ0n) is 5.03. The molecule has 0 aromatic rings. The fourth-order valence-electron chi connectivity index (χ4n) is 0. The van der Waals surface area contributed by atoms with Crippen LogP contribution >= 0.6 is 8.02 Å². The Kier molecular flexibility index (Phi) is 7.07. The SMILES string of the molecule is C[As](C)(=O)O.O=S(=O)=P. The van der Waals surface area contributed by atoms with Gasteiger partial charge in [0.2, 0.25) is 9.88 Å². The predicted molar refractivity (Wildman–Crippen MR) is 37.6 cm³/mol. The second-order valence-corrected chi connectivity index (χ2v) is 8.43. The molecule has 1 N–H and O–H groups in total. The number of rotatable bonds is 0. The molecule has 0 bridgehead atoms. The van der Waals surface area contributed by atoms with Gasteiger partial charge in [-0.1, -0.05) is 0 Å². The summed E-state index contributed by atoms with van der Waals surface area (Å²) in [5, 5.41) is 0. The maximum absolute atomic E-state index is 9.83. The first-order chi connectivity index (χ1) is 3.73. The van der Waals surface area contributed by atoms with Crippen LogP contribution in [0.2, 0.25) is 11.4 Å². The second kappa shape index (κ2) is 5.24. The molecular formula is C2H8AsO4PS. The van der Waals surface area contributed by atoms with E-state index in [0.29, 0.717) is 0 Å². The Balaban J connectivity index is 0. The third kappa shape index (κ3) is 1820. The molecular weight excluding hydrogens is 226 g/mol. The smallest absolute Gasteiger partial charge is 0.181 e. The first kappa shape index (κ1) is 12.1. The van der Waals surface area contributed by atoms with Gasteiger partial charge >= 0.3 is 33.1 Å². The molecule has 0 saturated carbocycles. The van der Waals surface area contributed by atoms with E-state index in [9.17, 15) is 3.74 Å². The van der Waals surface area contributed by atoms with Crippen LogP contribution in [0.1, 0.15) is 0 Å². The van der Waals surface area contributed by atoms with E-state index in [1.165, 1.54) is 11.4 Å². The molecule has 0 heterocycles. The molecule has 0 amide bonds. The van der Waals surface area contributed by atoms with E-state index in [0.717, 1.165) is 0 Å². The minimum absolute atomic E-state index is 1.36. The molecule has 56 valence electrons. The third-order valence-electron chi connectivity index (χ3n) is 0. The minimum atomic E-state index is -3.12. The van der Waals surface area contributed by atoms with Crippen LogP contribution in [0.5, 0.6) is 0 Å². The summed E-state index contributed by atoms with van der Waals surface area (Å²) >= 11 is -3.12. The van der Waals surface area contributed by atoms with Crippen LogP contribution < -0.4 is 0 Å². The molecule has 0 aromatic carbocycles. The molecule has 0 radical (unpaired) electrons. The molecule has 0 rings (SSSR count). The van der Waals surface area contributed by atoms with Gasteiger partial charge in [0.05, 0.1) is 0 Å². The fourth-order valence-corrected chi connectivity index (χ4v) is 0. The number of hydrogen-bond acceptors (Lipinski definition) is 3. The third-order valence-corrected chi connectivity index (χ3v) is 0. The van der Waals surface area contributed by atoms with Crippen molar-refractivity contribution in [2.45, 2.75) is 11.4 Å². The van der Waals surface area contributed by atoms with Crippen molar-refractivity contribution in [2.75, 3.05) is 0 Å². The minimum Gasteiger partial charge on any atom is -0.181 e. The van der Waals surface area contributed by atoms with Crippen LogP contribution in [0.25, 0.3) is 0 Å². The van der Waals surface area contributed by atoms with Gasteiger partial charge in [0.1, 0.15) is 0 Å². The Labute approximate surface area is 59.7 Å². The standard InChI is InChI=1S/C2H7AsO2.HO2PS/c1-3(2,4)5;1-4(2)3/h1-2H3,(H,4,5);3H. The van der Waals surface area contributed by atoms with E-state index >= 15 is 0 Å². The van der Waals surface area contributed by atoms with E-state index in [4.69, 9.17) is 12.5 Å². The molecule has 0 spiro atoms. The van der Waals surface area contributed by atoms with Crippen LogP contribution in [0, 0.1) is 0 Å². The zero-order valence-corrected chi connectivity index (χ0v) is 8.72. The molecule has 7 heteroatoms. The summed E-state index contributed by atoms with van der Waals surface area (Å²) in [5.41, 5.74) is 2.72. The van der Waals surface area contributed by atoms with Crippen molar-refractivity contribution >= 4 is 31.7 Å². The molecule has 0 unspecified atom stereocenters. The topological polar surface area (TPSA) is 71.4 Å². The van der Waals surface area contributed by atoms with E-state index in [-0.39, 0.29) is 0 Å². The molecule has 0 aliphatic heterocycles. The van der Waals surface area contributed by atoms with Crippen molar-refractivity contribution in [3.8, 4) is 0 Å². The maximum Gasteiger partial charge on any atom is 0.231 e. The monoisotopic (exact) mass is 234 g/mol. The van der Waals surface area contributed by atoms with Crippen LogP contribution in [0.15, 0.2) is 0 Å². The van der Waals surface area contributed by atoms with E-state index in [1.807, 2.05) is 0 Å². The zero-order chi connectivity index (χ0) is 8.08. The van der Waals surface area contributed by atoms with Gasteiger partial charge in [0.15, 0.2) is 0 Å². The van der Waals surface area contributed by atoms with Crippen molar-refractivity contribution in [2.24, 2.45) is 0 Å². The van der Waals surface area contributed by atoms with Crippen molar-refractivity contribution in [3.63, 3.8) is 0 Å². The van der Waals surface area contributed by atoms with Crippen molar-refractivity contribution in [3.05, 3.63) is 0 Å². The largest absolute Gasteiger partial charge is 0.231 e.